The van der Waals surface area contributed by atoms with Crippen LogP contribution in [0.4, 0.5) is 0 Å². The summed E-state index contributed by atoms with van der Waals surface area (Å²) in [7, 11) is 0. The van der Waals surface area contributed by atoms with Crippen molar-refractivity contribution in [1.82, 2.24) is 0 Å². The Hall–Kier alpha value is -0.820. The largest absolute Gasteiger partial charge is 0.390 e. The molecule has 0 bridgehead atoms. The molecule has 0 saturated carbocycles. The fourth-order valence-corrected chi connectivity index (χ4v) is 2.89. The molecule has 0 aromatic carbocycles. The van der Waals surface area contributed by atoms with Crippen molar-refractivity contribution in [3.63, 3.8) is 0 Å². The molecule has 0 heterocycles. The van der Waals surface area contributed by atoms with Crippen LogP contribution in [0, 0.1) is 11.8 Å². The summed E-state index contributed by atoms with van der Waals surface area (Å²) in [6, 6.07) is 0. The fourth-order valence-electron chi connectivity index (χ4n) is 2.89. The molecule has 2 unspecified atom stereocenters. The van der Waals surface area contributed by atoms with Crippen molar-refractivity contribution in [1.29, 1.82) is 0 Å². The molecule has 0 amide bonds. The van der Waals surface area contributed by atoms with E-state index in [1.54, 1.807) is 0 Å². The number of aliphatic hydroxyl groups is 1. The van der Waals surface area contributed by atoms with Gasteiger partial charge in [-0.1, -0.05) is 49.3 Å². The van der Waals surface area contributed by atoms with E-state index in [0.29, 0.717) is 11.8 Å². The number of hydrogen-bond donors (Lipinski definition) is 1. The van der Waals surface area contributed by atoms with Gasteiger partial charge in [0.15, 0.2) is 0 Å². The van der Waals surface area contributed by atoms with E-state index in [0.717, 1.165) is 38.5 Å². The molecule has 2 atom stereocenters. The molecular formula is C20H34O. The van der Waals surface area contributed by atoms with Crippen LogP contribution in [0.2, 0.25) is 0 Å². The van der Waals surface area contributed by atoms with Gasteiger partial charge >= 0.3 is 0 Å². The molecule has 0 spiro atoms. The van der Waals surface area contributed by atoms with Gasteiger partial charge in [-0.05, 0) is 71.1 Å². The molecule has 21 heavy (non-hydrogen) atoms. The summed E-state index contributed by atoms with van der Waals surface area (Å²) in [5.41, 5.74) is 2.26. The van der Waals surface area contributed by atoms with Crippen LogP contribution in [0.5, 0.6) is 0 Å². The van der Waals surface area contributed by atoms with Crippen molar-refractivity contribution in [3.05, 3.63) is 35.5 Å². The molecule has 0 aromatic rings. The molecule has 1 aliphatic rings. The van der Waals surface area contributed by atoms with Crippen molar-refractivity contribution in [3.8, 4) is 0 Å². The van der Waals surface area contributed by atoms with Gasteiger partial charge in [-0.15, -0.1) is 0 Å². The third kappa shape index (κ3) is 7.66. The average molecular weight is 290 g/mol. The highest BCUT2D eigenvalue weighted by Gasteiger charge is 2.22. The van der Waals surface area contributed by atoms with E-state index in [-0.39, 0.29) is 0 Å². The van der Waals surface area contributed by atoms with Gasteiger partial charge in [-0.2, -0.15) is 0 Å². The summed E-state index contributed by atoms with van der Waals surface area (Å²) < 4.78 is 0. The first-order valence-electron chi connectivity index (χ1n) is 8.53. The lowest BCUT2D eigenvalue weighted by molar-refractivity contribution is 0.0337. The van der Waals surface area contributed by atoms with Gasteiger partial charge in [0, 0.05) is 0 Å². The van der Waals surface area contributed by atoms with Crippen LogP contribution in [-0.4, -0.2) is 10.7 Å². The molecule has 1 N–H and O–H groups in total. The van der Waals surface area contributed by atoms with Gasteiger partial charge < -0.3 is 5.11 Å². The minimum Gasteiger partial charge on any atom is -0.390 e. The molecule has 1 heteroatoms. The topological polar surface area (TPSA) is 20.2 Å². The lowest BCUT2D eigenvalue weighted by Crippen LogP contribution is -2.25. The van der Waals surface area contributed by atoms with E-state index >= 15 is 0 Å². The maximum atomic E-state index is 10.6. The van der Waals surface area contributed by atoms with Crippen LogP contribution in [-0.2, 0) is 0 Å². The lowest BCUT2D eigenvalue weighted by atomic mass is 9.84. The van der Waals surface area contributed by atoms with E-state index in [2.05, 4.69) is 52.0 Å². The first-order valence-corrected chi connectivity index (χ1v) is 8.53. The van der Waals surface area contributed by atoms with Crippen molar-refractivity contribution in [2.45, 2.75) is 78.7 Å². The first-order chi connectivity index (χ1) is 9.80. The number of rotatable bonds is 1. The zero-order valence-electron chi connectivity index (χ0n) is 14.7. The third-order valence-electron chi connectivity index (χ3n) is 4.67. The van der Waals surface area contributed by atoms with Crippen LogP contribution < -0.4 is 0 Å². The lowest BCUT2D eigenvalue weighted by Gasteiger charge is -2.27. The molecular weight excluding hydrogens is 256 g/mol. The SMILES string of the molecule is CC1=CCC=C(C)CCCC(C)(O)CCC(C(C)C)C=C1. The second-order valence-corrected chi connectivity index (χ2v) is 7.39. The predicted octanol–water partition coefficient (Wildman–Crippen LogP) is 5.81. The second-order valence-electron chi connectivity index (χ2n) is 7.39. The van der Waals surface area contributed by atoms with E-state index in [4.69, 9.17) is 0 Å². The molecule has 0 fully saturated rings. The Morgan fingerprint density at radius 1 is 1.19 bits per heavy atom. The van der Waals surface area contributed by atoms with Gasteiger partial charge in [-0.25, -0.2) is 0 Å². The Balaban J connectivity index is 2.87. The summed E-state index contributed by atoms with van der Waals surface area (Å²) in [5.74, 6) is 1.18. The highest BCUT2D eigenvalue weighted by molar-refractivity contribution is 5.18. The monoisotopic (exact) mass is 290 g/mol. The standard InChI is InChI=1S/C20H34O/c1-16(2)19-12-11-18(4)9-6-8-17(3)10-7-14-20(5,21)15-13-19/h8-9,11-12,16,19,21H,6-7,10,13-15H2,1-5H3. The Bertz CT molecular complexity index is 396. The molecule has 0 aliphatic heterocycles. The average Bonchev–Trinajstić information content (AvgIpc) is 2.37. The molecule has 0 saturated heterocycles. The Morgan fingerprint density at radius 2 is 1.90 bits per heavy atom. The summed E-state index contributed by atoms with van der Waals surface area (Å²) >= 11 is 0. The minimum absolute atomic E-state index is 0.518. The smallest absolute Gasteiger partial charge is 0.0620 e. The van der Waals surface area contributed by atoms with Gasteiger partial charge in [0.2, 0.25) is 0 Å². The van der Waals surface area contributed by atoms with E-state index in [1.807, 2.05) is 6.92 Å². The Kier molecular flexibility index (Phi) is 7.45. The minimum atomic E-state index is -0.518. The zero-order valence-corrected chi connectivity index (χ0v) is 14.7. The second kappa shape index (κ2) is 8.58. The van der Waals surface area contributed by atoms with Crippen LogP contribution >= 0.6 is 0 Å². The summed E-state index contributed by atoms with van der Waals surface area (Å²) in [4.78, 5) is 0. The molecule has 0 aromatic heterocycles. The van der Waals surface area contributed by atoms with Crippen molar-refractivity contribution >= 4 is 0 Å². The zero-order chi connectivity index (χ0) is 15.9. The quantitative estimate of drug-likeness (QED) is 0.604. The highest BCUT2D eigenvalue weighted by atomic mass is 16.3. The van der Waals surface area contributed by atoms with Crippen LogP contribution in [0.1, 0.15) is 73.1 Å². The van der Waals surface area contributed by atoms with Crippen molar-refractivity contribution in [2.75, 3.05) is 0 Å². The molecule has 1 nitrogen and oxygen atoms in total. The van der Waals surface area contributed by atoms with E-state index < -0.39 is 5.60 Å². The van der Waals surface area contributed by atoms with Crippen molar-refractivity contribution in [2.24, 2.45) is 11.8 Å². The number of hydrogen-bond acceptors (Lipinski definition) is 1. The normalized spacial score (nSPS) is 29.8. The predicted molar refractivity (Wildman–Crippen MR) is 93.3 cm³/mol. The van der Waals surface area contributed by atoms with Crippen LogP contribution in [0.15, 0.2) is 35.5 Å². The Morgan fingerprint density at radius 3 is 2.57 bits per heavy atom. The summed E-state index contributed by atoms with van der Waals surface area (Å²) in [6.07, 6.45) is 15.3. The maximum Gasteiger partial charge on any atom is 0.0620 e. The van der Waals surface area contributed by atoms with E-state index in [9.17, 15) is 5.11 Å². The van der Waals surface area contributed by atoms with Crippen LogP contribution in [0.25, 0.3) is 0 Å². The third-order valence-corrected chi connectivity index (χ3v) is 4.67. The van der Waals surface area contributed by atoms with Gasteiger partial charge in [0.1, 0.15) is 0 Å². The summed E-state index contributed by atoms with van der Waals surface area (Å²) in [5, 5.41) is 10.6. The Labute approximate surface area is 131 Å². The summed E-state index contributed by atoms with van der Waals surface area (Å²) in [6.45, 7) is 10.9. The molecule has 0 radical (unpaired) electrons. The maximum absolute atomic E-state index is 10.6. The van der Waals surface area contributed by atoms with Gasteiger partial charge in [-0.3, -0.25) is 0 Å². The van der Waals surface area contributed by atoms with Gasteiger partial charge in [0.25, 0.3) is 0 Å². The highest BCUT2D eigenvalue weighted by Crippen LogP contribution is 2.27. The molecule has 1 aliphatic carbocycles. The number of allylic oxidation sites excluding steroid dienone is 6. The van der Waals surface area contributed by atoms with Crippen molar-refractivity contribution < 1.29 is 5.11 Å². The molecule has 120 valence electrons. The molecule has 1 rings (SSSR count). The fraction of sp³-hybridized carbons (Fsp3) is 0.700. The van der Waals surface area contributed by atoms with Gasteiger partial charge in [0.05, 0.1) is 5.60 Å². The van der Waals surface area contributed by atoms with Crippen LogP contribution in [0.3, 0.4) is 0 Å². The first kappa shape index (κ1) is 18.2. The van der Waals surface area contributed by atoms with E-state index in [1.165, 1.54) is 11.1 Å².